The molecule has 0 amide bonds. The van der Waals surface area contributed by atoms with Gasteiger partial charge in [0.2, 0.25) is 0 Å². The van der Waals surface area contributed by atoms with E-state index >= 15 is 0 Å². The first kappa shape index (κ1) is 13.0. The van der Waals surface area contributed by atoms with Gasteiger partial charge in [0, 0.05) is 21.8 Å². The number of benzene rings is 1. The minimum absolute atomic E-state index is 0.151. The number of non-ortho nitro benzene ring substituents is 1. The lowest BCUT2D eigenvalue weighted by atomic mass is 10.1. The third-order valence-corrected chi connectivity index (χ3v) is 3.56. The van der Waals surface area contributed by atoms with E-state index in [0.717, 1.165) is 17.7 Å². The molecule has 0 heterocycles. The summed E-state index contributed by atoms with van der Waals surface area (Å²) in [4.78, 5) is 11.2. The summed E-state index contributed by atoms with van der Waals surface area (Å²) in [5.41, 5.74) is 0.151. The molecule has 0 unspecified atom stereocenters. The molecule has 88 valence electrons. The Morgan fingerprint density at radius 3 is 2.31 bits per heavy atom. The molecule has 0 N–H and O–H groups in total. The first-order chi connectivity index (χ1) is 7.44. The molecule has 0 atom stereocenters. The summed E-state index contributed by atoms with van der Waals surface area (Å²) in [7, 11) is 0. The van der Waals surface area contributed by atoms with Crippen LogP contribution in [-0.4, -0.2) is 9.67 Å². The largest absolute Gasteiger partial charge is 0.269 e. The number of nitrogens with zero attached hydrogens (tertiary/aromatic N) is 1. The van der Waals surface area contributed by atoms with Crippen LogP contribution in [0.5, 0.6) is 0 Å². The normalized spacial score (nSPS) is 11.4. The minimum Gasteiger partial charge on any atom is -0.258 e. The highest BCUT2D eigenvalue weighted by atomic mass is 32.2. The van der Waals surface area contributed by atoms with Gasteiger partial charge < -0.3 is 0 Å². The van der Waals surface area contributed by atoms with Crippen LogP contribution >= 0.6 is 11.8 Å². The number of hydrogen-bond acceptors (Lipinski definition) is 3. The second kappa shape index (κ2) is 5.34. The van der Waals surface area contributed by atoms with E-state index in [0.29, 0.717) is 0 Å². The minimum atomic E-state index is -0.369. The van der Waals surface area contributed by atoms with Crippen LogP contribution in [0.2, 0.25) is 0 Å². The Morgan fingerprint density at radius 2 is 1.88 bits per heavy atom. The van der Waals surface area contributed by atoms with E-state index in [2.05, 4.69) is 20.8 Å². The van der Waals surface area contributed by atoms with Crippen molar-refractivity contribution in [2.45, 2.75) is 43.3 Å². The third-order valence-electron chi connectivity index (χ3n) is 2.29. The fraction of sp³-hybridized carbons (Fsp3) is 0.500. The Morgan fingerprint density at radius 1 is 1.31 bits per heavy atom. The van der Waals surface area contributed by atoms with Crippen LogP contribution in [0, 0.1) is 10.1 Å². The molecular formula is C12H17NO2S. The number of nitro groups is 1. The standard InChI is InChI=1S/C12H17NO2S/c1-4-9-12(2,3)16-11-7-5-10(6-8-11)13(14)15/h5-8H,4,9H2,1-3H3. The van der Waals surface area contributed by atoms with Crippen LogP contribution in [0.4, 0.5) is 5.69 Å². The van der Waals surface area contributed by atoms with Gasteiger partial charge in [-0.25, -0.2) is 0 Å². The van der Waals surface area contributed by atoms with Crippen LogP contribution in [0.25, 0.3) is 0 Å². The van der Waals surface area contributed by atoms with Crippen molar-refractivity contribution in [3.8, 4) is 0 Å². The van der Waals surface area contributed by atoms with Crippen LogP contribution in [0.3, 0.4) is 0 Å². The third kappa shape index (κ3) is 3.85. The molecule has 0 spiro atoms. The van der Waals surface area contributed by atoms with Crippen LogP contribution < -0.4 is 0 Å². The molecule has 1 aromatic rings. The highest BCUT2D eigenvalue weighted by Crippen LogP contribution is 2.36. The van der Waals surface area contributed by atoms with Gasteiger partial charge in [-0.3, -0.25) is 10.1 Å². The quantitative estimate of drug-likeness (QED) is 0.438. The lowest BCUT2D eigenvalue weighted by Crippen LogP contribution is -2.13. The van der Waals surface area contributed by atoms with Crippen molar-refractivity contribution in [3.63, 3.8) is 0 Å². The van der Waals surface area contributed by atoms with Gasteiger partial charge in [0.1, 0.15) is 0 Å². The zero-order valence-electron chi connectivity index (χ0n) is 9.90. The predicted molar refractivity (Wildman–Crippen MR) is 67.9 cm³/mol. The summed E-state index contributed by atoms with van der Waals surface area (Å²) >= 11 is 1.77. The van der Waals surface area contributed by atoms with E-state index in [4.69, 9.17) is 0 Å². The maximum Gasteiger partial charge on any atom is 0.269 e. The first-order valence-electron chi connectivity index (χ1n) is 5.38. The number of nitro benzene ring substituents is 1. The van der Waals surface area contributed by atoms with Gasteiger partial charge in [-0.2, -0.15) is 0 Å². The first-order valence-corrected chi connectivity index (χ1v) is 6.20. The van der Waals surface area contributed by atoms with E-state index in [9.17, 15) is 10.1 Å². The van der Waals surface area contributed by atoms with E-state index in [1.165, 1.54) is 0 Å². The molecule has 0 aromatic heterocycles. The topological polar surface area (TPSA) is 43.1 Å². The van der Waals surface area contributed by atoms with Crippen LogP contribution in [0.1, 0.15) is 33.6 Å². The summed E-state index contributed by atoms with van der Waals surface area (Å²) in [6.45, 7) is 6.56. The number of rotatable bonds is 5. The zero-order chi connectivity index (χ0) is 12.2. The van der Waals surface area contributed by atoms with Crippen molar-refractivity contribution < 1.29 is 4.92 Å². The Hall–Kier alpha value is -1.03. The highest BCUT2D eigenvalue weighted by molar-refractivity contribution is 8.00. The summed E-state index contributed by atoms with van der Waals surface area (Å²) in [5, 5.41) is 10.5. The van der Waals surface area contributed by atoms with E-state index in [1.807, 2.05) is 12.1 Å². The van der Waals surface area contributed by atoms with Gasteiger partial charge in [0.05, 0.1) is 4.92 Å². The van der Waals surface area contributed by atoms with Crippen molar-refractivity contribution in [3.05, 3.63) is 34.4 Å². The summed E-state index contributed by atoms with van der Waals surface area (Å²) < 4.78 is 0.185. The van der Waals surface area contributed by atoms with Gasteiger partial charge in [-0.1, -0.05) is 27.2 Å². The average Bonchev–Trinajstić information content (AvgIpc) is 2.17. The summed E-state index contributed by atoms with van der Waals surface area (Å²) in [5.74, 6) is 0. The van der Waals surface area contributed by atoms with Gasteiger partial charge in [0.15, 0.2) is 0 Å². The Balaban J connectivity index is 2.72. The van der Waals surface area contributed by atoms with Crippen LogP contribution in [-0.2, 0) is 0 Å². The second-order valence-electron chi connectivity index (χ2n) is 4.36. The molecule has 3 nitrogen and oxygen atoms in total. The molecule has 16 heavy (non-hydrogen) atoms. The zero-order valence-corrected chi connectivity index (χ0v) is 10.7. The molecule has 0 bridgehead atoms. The second-order valence-corrected chi connectivity index (χ2v) is 6.14. The van der Waals surface area contributed by atoms with Crippen molar-refractivity contribution in [1.82, 2.24) is 0 Å². The fourth-order valence-electron chi connectivity index (χ4n) is 1.61. The van der Waals surface area contributed by atoms with Crippen LogP contribution in [0.15, 0.2) is 29.2 Å². The van der Waals surface area contributed by atoms with Crippen molar-refractivity contribution in [1.29, 1.82) is 0 Å². The average molecular weight is 239 g/mol. The molecule has 4 heteroatoms. The molecule has 0 saturated heterocycles. The van der Waals surface area contributed by atoms with Crippen molar-refractivity contribution in [2.24, 2.45) is 0 Å². The SMILES string of the molecule is CCCC(C)(C)Sc1ccc([N+](=O)[O-])cc1. The molecule has 1 rings (SSSR count). The lowest BCUT2D eigenvalue weighted by Gasteiger charge is -2.23. The molecule has 1 aromatic carbocycles. The van der Waals surface area contributed by atoms with Gasteiger partial charge in [0.25, 0.3) is 5.69 Å². The lowest BCUT2D eigenvalue weighted by molar-refractivity contribution is -0.384. The molecule has 0 aliphatic carbocycles. The molecule has 0 saturated carbocycles. The van der Waals surface area contributed by atoms with Crippen molar-refractivity contribution >= 4 is 17.4 Å². The van der Waals surface area contributed by atoms with E-state index in [-0.39, 0.29) is 15.4 Å². The Kier molecular flexibility index (Phi) is 4.35. The Bertz CT molecular complexity index is 360. The van der Waals surface area contributed by atoms with E-state index < -0.39 is 0 Å². The highest BCUT2D eigenvalue weighted by Gasteiger charge is 2.18. The maximum absolute atomic E-state index is 10.5. The molecule has 0 aliphatic rings. The monoisotopic (exact) mass is 239 g/mol. The summed E-state index contributed by atoms with van der Waals surface area (Å²) in [6.07, 6.45) is 2.28. The molecule has 0 radical (unpaired) electrons. The summed E-state index contributed by atoms with van der Waals surface area (Å²) in [6, 6.07) is 6.76. The van der Waals surface area contributed by atoms with Crippen molar-refractivity contribution in [2.75, 3.05) is 0 Å². The van der Waals surface area contributed by atoms with Gasteiger partial charge >= 0.3 is 0 Å². The van der Waals surface area contributed by atoms with E-state index in [1.54, 1.807) is 23.9 Å². The predicted octanol–water partition coefficient (Wildman–Crippen LogP) is 4.27. The maximum atomic E-state index is 10.5. The number of thioether (sulfide) groups is 1. The molecule has 0 aliphatic heterocycles. The fourth-order valence-corrected chi connectivity index (χ4v) is 2.82. The van der Waals surface area contributed by atoms with Gasteiger partial charge in [-0.15, -0.1) is 11.8 Å². The molecular weight excluding hydrogens is 222 g/mol. The van der Waals surface area contributed by atoms with Gasteiger partial charge in [-0.05, 0) is 18.6 Å². The smallest absolute Gasteiger partial charge is 0.258 e. The number of hydrogen-bond donors (Lipinski definition) is 0. The Labute approximate surface area is 100 Å². The molecule has 0 fully saturated rings.